The summed E-state index contributed by atoms with van der Waals surface area (Å²) in [4.78, 5) is 6.81. The Morgan fingerprint density at radius 3 is 3.00 bits per heavy atom. The zero-order chi connectivity index (χ0) is 12.2. The van der Waals surface area contributed by atoms with Crippen molar-refractivity contribution in [2.45, 2.75) is 18.4 Å². The van der Waals surface area contributed by atoms with Crippen molar-refractivity contribution in [1.29, 1.82) is 0 Å². The lowest BCUT2D eigenvalue weighted by molar-refractivity contribution is -0.0520. The first-order chi connectivity index (χ1) is 8.77. The Morgan fingerprint density at radius 1 is 1.33 bits per heavy atom. The molecule has 0 unspecified atom stereocenters. The largest absolute Gasteiger partial charge is 0.423 e. The molecule has 5 heteroatoms. The van der Waals surface area contributed by atoms with Gasteiger partial charge in [-0.3, -0.25) is 0 Å². The highest BCUT2D eigenvalue weighted by Crippen LogP contribution is 2.39. The molecule has 3 heterocycles. The lowest BCUT2D eigenvalue weighted by Crippen LogP contribution is -2.59. The van der Waals surface area contributed by atoms with Crippen LogP contribution < -0.4 is 10.6 Å². The van der Waals surface area contributed by atoms with Crippen molar-refractivity contribution in [3.05, 3.63) is 18.2 Å². The average Bonchev–Trinajstić information content (AvgIpc) is 2.89. The first kappa shape index (κ1) is 10.2. The van der Waals surface area contributed by atoms with Crippen LogP contribution in [-0.4, -0.2) is 30.3 Å². The summed E-state index contributed by atoms with van der Waals surface area (Å²) in [6.07, 6.45) is 2.33. The van der Waals surface area contributed by atoms with E-state index in [-0.39, 0.29) is 5.54 Å². The van der Waals surface area contributed by atoms with Gasteiger partial charge in [-0.15, -0.1) is 0 Å². The van der Waals surface area contributed by atoms with Gasteiger partial charge in [0.2, 0.25) is 0 Å². The minimum absolute atomic E-state index is 0.131. The molecular formula is C13H15N3O2. The number of aromatic nitrogens is 1. The third kappa shape index (κ3) is 1.28. The molecule has 2 aliphatic rings. The van der Waals surface area contributed by atoms with Gasteiger partial charge >= 0.3 is 0 Å². The van der Waals surface area contributed by atoms with Gasteiger partial charge in [-0.2, -0.15) is 4.98 Å². The standard InChI is InChI=1S/C13H15N3O2/c14-9-2-3-11-10(6-9)15-12(18-11)16-5-1-4-13(16)7-17-8-13/h2-3,6H,1,4-5,7-8,14H2. The number of anilines is 2. The molecule has 0 amide bonds. The molecule has 18 heavy (non-hydrogen) atoms. The van der Waals surface area contributed by atoms with Crippen molar-refractivity contribution >= 4 is 22.8 Å². The van der Waals surface area contributed by atoms with Crippen LogP contribution in [0.15, 0.2) is 22.6 Å². The summed E-state index contributed by atoms with van der Waals surface area (Å²) in [5, 5.41) is 0. The van der Waals surface area contributed by atoms with Gasteiger partial charge in [-0.05, 0) is 31.0 Å². The fourth-order valence-corrected chi connectivity index (χ4v) is 2.92. The van der Waals surface area contributed by atoms with Crippen molar-refractivity contribution in [3.8, 4) is 0 Å². The number of nitrogens with zero attached hydrogens (tertiary/aromatic N) is 2. The minimum atomic E-state index is 0.131. The Kier molecular flexibility index (Phi) is 1.92. The lowest BCUT2D eigenvalue weighted by Gasteiger charge is -2.44. The number of oxazole rings is 1. The second-order valence-electron chi connectivity index (χ2n) is 5.20. The average molecular weight is 245 g/mol. The highest BCUT2D eigenvalue weighted by atomic mass is 16.5. The maximum Gasteiger partial charge on any atom is 0.299 e. The minimum Gasteiger partial charge on any atom is -0.423 e. The number of hydrogen-bond acceptors (Lipinski definition) is 5. The van der Waals surface area contributed by atoms with Gasteiger partial charge in [0.1, 0.15) is 5.52 Å². The summed E-state index contributed by atoms with van der Waals surface area (Å²) in [6, 6.07) is 6.27. The van der Waals surface area contributed by atoms with Gasteiger partial charge in [0, 0.05) is 12.2 Å². The number of nitrogen functional groups attached to an aromatic ring is 1. The predicted molar refractivity (Wildman–Crippen MR) is 68.6 cm³/mol. The van der Waals surface area contributed by atoms with E-state index >= 15 is 0 Å². The maximum atomic E-state index is 5.84. The molecule has 0 aliphatic carbocycles. The zero-order valence-electron chi connectivity index (χ0n) is 10.1. The number of benzene rings is 1. The van der Waals surface area contributed by atoms with E-state index in [1.807, 2.05) is 18.2 Å². The Morgan fingerprint density at radius 2 is 2.22 bits per heavy atom. The van der Waals surface area contributed by atoms with E-state index in [4.69, 9.17) is 14.9 Å². The van der Waals surface area contributed by atoms with Crippen LogP contribution in [0.25, 0.3) is 11.1 Å². The molecule has 1 aromatic carbocycles. The van der Waals surface area contributed by atoms with Gasteiger partial charge in [0.25, 0.3) is 6.01 Å². The molecule has 2 fully saturated rings. The van der Waals surface area contributed by atoms with E-state index in [1.165, 1.54) is 6.42 Å². The summed E-state index contributed by atoms with van der Waals surface area (Å²) in [5.41, 5.74) is 8.23. The molecule has 2 saturated heterocycles. The molecule has 2 N–H and O–H groups in total. The van der Waals surface area contributed by atoms with Crippen molar-refractivity contribution in [3.63, 3.8) is 0 Å². The van der Waals surface area contributed by atoms with Crippen LogP contribution in [0.3, 0.4) is 0 Å². The first-order valence-corrected chi connectivity index (χ1v) is 6.28. The van der Waals surface area contributed by atoms with Crippen LogP contribution >= 0.6 is 0 Å². The van der Waals surface area contributed by atoms with Gasteiger partial charge in [-0.1, -0.05) is 0 Å². The van der Waals surface area contributed by atoms with Gasteiger partial charge in [0.15, 0.2) is 5.58 Å². The molecule has 0 atom stereocenters. The van der Waals surface area contributed by atoms with Crippen molar-refractivity contribution < 1.29 is 9.15 Å². The molecule has 5 nitrogen and oxygen atoms in total. The fraction of sp³-hybridized carbons (Fsp3) is 0.462. The van der Waals surface area contributed by atoms with Crippen molar-refractivity contribution in [1.82, 2.24) is 4.98 Å². The van der Waals surface area contributed by atoms with E-state index in [9.17, 15) is 0 Å². The molecular weight excluding hydrogens is 230 g/mol. The number of nitrogens with two attached hydrogens (primary N) is 1. The van der Waals surface area contributed by atoms with Crippen LogP contribution in [0.5, 0.6) is 0 Å². The van der Waals surface area contributed by atoms with Crippen LogP contribution in [-0.2, 0) is 4.74 Å². The monoisotopic (exact) mass is 245 g/mol. The lowest BCUT2D eigenvalue weighted by atomic mass is 9.94. The van der Waals surface area contributed by atoms with Gasteiger partial charge < -0.3 is 19.8 Å². The van der Waals surface area contributed by atoms with E-state index in [2.05, 4.69) is 9.88 Å². The highest BCUT2D eigenvalue weighted by Gasteiger charge is 2.49. The van der Waals surface area contributed by atoms with E-state index < -0.39 is 0 Å². The highest BCUT2D eigenvalue weighted by molar-refractivity contribution is 5.78. The van der Waals surface area contributed by atoms with Crippen molar-refractivity contribution in [2.24, 2.45) is 0 Å². The summed E-state index contributed by atoms with van der Waals surface area (Å²) in [5.74, 6) is 0. The Labute approximate surface area is 105 Å². The summed E-state index contributed by atoms with van der Waals surface area (Å²) in [6.45, 7) is 2.56. The SMILES string of the molecule is Nc1ccc2oc(N3CCCC34COC4)nc2c1. The van der Waals surface area contributed by atoms with Gasteiger partial charge in [-0.25, -0.2) is 0 Å². The molecule has 2 aliphatic heterocycles. The van der Waals surface area contributed by atoms with Crippen molar-refractivity contribution in [2.75, 3.05) is 30.4 Å². The number of hydrogen-bond donors (Lipinski definition) is 1. The molecule has 2 aromatic rings. The molecule has 94 valence electrons. The third-order valence-electron chi connectivity index (χ3n) is 3.97. The van der Waals surface area contributed by atoms with Crippen LogP contribution in [0.1, 0.15) is 12.8 Å². The van der Waals surface area contributed by atoms with Crippen LogP contribution in [0.4, 0.5) is 11.7 Å². The second-order valence-corrected chi connectivity index (χ2v) is 5.20. The maximum absolute atomic E-state index is 5.84. The molecule has 0 bridgehead atoms. The third-order valence-corrected chi connectivity index (χ3v) is 3.97. The topological polar surface area (TPSA) is 64.5 Å². The van der Waals surface area contributed by atoms with Crippen LogP contribution in [0, 0.1) is 0 Å². The van der Waals surface area contributed by atoms with Gasteiger partial charge in [0.05, 0.1) is 18.8 Å². The number of fused-ring (bicyclic) bond motifs is 1. The van der Waals surface area contributed by atoms with Crippen LogP contribution in [0.2, 0.25) is 0 Å². The Bertz CT molecular complexity index is 603. The first-order valence-electron chi connectivity index (χ1n) is 6.28. The molecule has 1 spiro atoms. The normalized spacial score (nSPS) is 21.7. The Balaban J connectivity index is 1.78. The van der Waals surface area contributed by atoms with E-state index in [0.29, 0.717) is 11.7 Å². The summed E-state index contributed by atoms with van der Waals surface area (Å²) < 4.78 is 11.2. The summed E-state index contributed by atoms with van der Waals surface area (Å²) in [7, 11) is 0. The molecule has 0 saturated carbocycles. The number of rotatable bonds is 1. The predicted octanol–water partition coefficient (Wildman–Crippen LogP) is 1.78. The zero-order valence-corrected chi connectivity index (χ0v) is 10.1. The number of ether oxygens (including phenoxy) is 1. The smallest absolute Gasteiger partial charge is 0.299 e. The molecule has 4 rings (SSSR count). The molecule has 0 radical (unpaired) electrons. The quantitative estimate of drug-likeness (QED) is 0.776. The Hall–Kier alpha value is -1.75. The fourth-order valence-electron chi connectivity index (χ4n) is 2.92. The summed E-state index contributed by atoms with van der Waals surface area (Å²) >= 11 is 0. The van der Waals surface area contributed by atoms with E-state index in [0.717, 1.165) is 37.3 Å². The molecule has 1 aromatic heterocycles. The second kappa shape index (κ2) is 3.38. The van der Waals surface area contributed by atoms with E-state index in [1.54, 1.807) is 0 Å².